The Morgan fingerprint density at radius 1 is 1.41 bits per heavy atom. The lowest BCUT2D eigenvalue weighted by atomic mass is 9.66. The third-order valence-corrected chi connectivity index (χ3v) is 4.31. The van der Waals surface area contributed by atoms with Gasteiger partial charge < -0.3 is 16.2 Å². The molecule has 100 valence electrons. The van der Waals surface area contributed by atoms with E-state index >= 15 is 0 Å². The third kappa shape index (κ3) is 3.68. The molecule has 0 aromatic carbocycles. The molecule has 0 heterocycles. The lowest BCUT2D eigenvalue weighted by Gasteiger charge is -2.40. The summed E-state index contributed by atoms with van der Waals surface area (Å²) in [5, 5.41) is 12.9. The van der Waals surface area contributed by atoms with Crippen LogP contribution in [0.5, 0.6) is 0 Å². The van der Waals surface area contributed by atoms with Crippen molar-refractivity contribution in [3.8, 4) is 0 Å². The molecule has 0 atom stereocenters. The Bertz CT molecular complexity index is 253. The number of rotatable bonds is 7. The largest absolute Gasteiger partial charge is 0.388 e. The van der Waals surface area contributed by atoms with E-state index in [9.17, 15) is 9.90 Å². The monoisotopic (exact) mass is 242 g/mol. The van der Waals surface area contributed by atoms with Crippen LogP contribution in [0.4, 0.5) is 0 Å². The molecule has 1 aliphatic rings. The quantitative estimate of drug-likeness (QED) is 0.627. The number of carbonyl (C=O) groups excluding carboxylic acids is 1. The zero-order valence-electron chi connectivity index (χ0n) is 11.1. The van der Waals surface area contributed by atoms with Gasteiger partial charge in [-0.25, -0.2) is 0 Å². The minimum atomic E-state index is -0.759. The van der Waals surface area contributed by atoms with E-state index in [0.29, 0.717) is 32.4 Å². The van der Waals surface area contributed by atoms with Gasteiger partial charge in [0.2, 0.25) is 5.91 Å². The van der Waals surface area contributed by atoms with Gasteiger partial charge in [0, 0.05) is 13.0 Å². The average Bonchev–Trinajstić information content (AvgIpc) is 2.31. The Morgan fingerprint density at radius 3 is 2.35 bits per heavy atom. The van der Waals surface area contributed by atoms with Crippen LogP contribution in [-0.2, 0) is 4.79 Å². The van der Waals surface area contributed by atoms with Crippen LogP contribution in [0.3, 0.4) is 0 Å². The lowest BCUT2D eigenvalue weighted by Crippen LogP contribution is -2.46. The fraction of sp³-hybridized carbons (Fsp3) is 0.923. The Labute approximate surface area is 104 Å². The maximum absolute atomic E-state index is 11.8. The molecular weight excluding hydrogens is 216 g/mol. The topological polar surface area (TPSA) is 75.3 Å². The number of carbonyl (C=O) groups is 1. The normalized spacial score (nSPS) is 18.6. The second-order valence-corrected chi connectivity index (χ2v) is 5.44. The first-order valence-corrected chi connectivity index (χ1v) is 6.68. The highest BCUT2D eigenvalue weighted by molar-refractivity contribution is 5.77. The SMILES string of the molecule is CCC(O)(CC)CNC(=O)CC1(CN)CCC1. The fourth-order valence-corrected chi connectivity index (χ4v) is 2.30. The van der Waals surface area contributed by atoms with Gasteiger partial charge in [-0.3, -0.25) is 4.79 Å². The molecule has 0 spiro atoms. The summed E-state index contributed by atoms with van der Waals surface area (Å²) in [5.74, 6) is 0.0236. The Morgan fingerprint density at radius 2 is 2.00 bits per heavy atom. The highest BCUT2D eigenvalue weighted by Gasteiger charge is 2.37. The van der Waals surface area contributed by atoms with Crippen LogP contribution in [0.15, 0.2) is 0 Å². The van der Waals surface area contributed by atoms with Gasteiger partial charge in [-0.2, -0.15) is 0 Å². The molecule has 0 aromatic heterocycles. The first-order valence-electron chi connectivity index (χ1n) is 6.68. The van der Waals surface area contributed by atoms with Crippen molar-refractivity contribution in [2.45, 2.75) is 58.0 Å². The van der Waals surface area contributed by atoms with E-state index in [1.54, 1.807) is 0 Å². The molecule has 1 aliphatic carbocycles. The highest BCUT2D eigenvalue weighted by atomic mass is 16.3. The van der Waals surface area contributed by atoms with E-state index in [-0.39, 0.29) is 11.3 Å². The summed E-state index contributed by atoms with van der Waals surface area (Å²) in [6.45, 7) is 4.80. The molecule has 0 aliphatic heterocycles. The van der Waals surface area contributed by atoms with E-state index in [2.05, 4.69) is 5.32 Å². The van der Waals surface area contributed by atoms with Crippen molar-refractivity contribution < 1.29 is 9.90 Å². The molecule has 0 aromatic rings. The smallest absolute Gasteiger partial charge is 0.220 e. The van der Waals surface area contributed by atoms with Crippen LogP contribution in [0, 0.1) is 5.41 Å². The number of nitrogens with one attached hydrogen (secondary N) is 1. The molecule has 4 nitrogen and oxygen atoms in total. The highest BCUT2D eigenvalue weighted by Crippen LogP contribution is 2.42. The van der Waals surface area contributed by atoms with E-state index in [0.717, 1.165) is 12.8 Å². The maximum Gasteiger partial charge on any atom is 0.220 e. The van der Waals surface area contributed by atoms with Gasteiger partial charge >= 0.3 is 0 Å². The van der Waals surface area contributed by atoms with Crippen molar-refractivity contribution in [1.82, 2.24) is 5.32 Å². The summed E-state index contributed by atoms with van der Waals surface area (Å²) in [4.78, 5) is 11.8. The van der Waals surface area contributed by atoms with Gasteiger partial charge in [-0.05, 0) is 37.6 Å². The summed E-state index contributed by atoms with van der Waals surface area (Å²) >= 11 is 0. The van der Waals surface area contributed by atoms with Crippen LogP contribution in [0.25, 0.3) is 0 Å². The van der Waals surface area contributed by atoms with Crippen LogP contribution in [0.1, 0.15) is 52.4 Å². The second-order valence-electron chi connectivity index (χ2n) is 5.44. The van der Waals surface area contributed by atoms with Crippen LogP contribution < -0.4 is 11.1 Å². The molecule has 1 saturated carbocycles. The molecule has 1 fully saturated rings. The first kappa shape index (κ1) is 14.5. The molecule has 17 heavy (non-hydrogen) atoms. The van der Waals surface area contributed by atoms with Gasteiger partial charge in [-0.15, -0.1) is 0 Å². The molecule has 4 heteroatoms. The third-order valence-electron chi connectivity index (χ3n) is 4.31. The summed E-state index contributed by atoms with van der Waals surface area (Å²) in [5.41, 5.74) is 5.01. The molecule has 0 unspecified atom stereocenters. The minimum absolute atomic E-state index is 0.0236. The molecule has 4 N–H and O–H groups in total. The number of hydrogen-bond acceptors (Lipinski definition) is 3. The van der Waals surface area contributed by atoms with Crippen molar-refractivity contribution >= 4 is 5.91 Å². The molecule has 0 saturated heterocycles. The van der Waals surface area contributed by atoms with Gasteiger partial charge in [0.1, 0.15) is 0 Å². The lowest BCUT2D eigenvalue weighted by molar-refractivity contribution is -0.126. The summed E-state index contributed by atoms with van der Waals surface area (Å²) in [6.07, 6.45) is 5.12. The molecular formula is C13H26N2O2. The van der Waals surface area contributed by atoms with Crippen molar-refractivity contribution in [1.29, 1.82) is 0 Å². The molecule has 1 amide bonds. The first-order chi connectivity index (χ1) is 7.99. The number of aliphatic hydroxyl groups is 1. The standard InChI is InChI=1S/C13H26N2O2/c1-3-13(17,4-2)10-15-11(16)8-12(9-14)6-5-7-12/h17H,3-10,14H2,1-2H3,(H,15,16). The Kier molecular flexibility index (Phi) is 4.95. The van der Waals surface area contributed by atoms with Gasteiger partial charge in [0.15, 0.2) is 0 Å². The molecule has 0 radical (unpaired) electrons. The van der Waals surface area contributed by atoms with Gasteiger partial charge in [-0.1, -0.05) is 20.3 Å². The van der Waals surface area contributed by atoms with Gasteiger partial charge in [0.05, 0.1) is 5.60 Å². The van der Waals surface area contributed by atoms with Crippen molar-refractivity contribution in [3.63, 3.8) is 0 Å². The van der Waals surface area contributed by atoms with Crippen molar-refractivity contribution in [2.75, 3.05) is 13.1 Å². The fourth-order valence-electron chi connectivity index (χ4n) is 2.30. The van der Waals surface area contributed by atoms with Crippen LogP contribution in [-0.4, -0.2) is 29.7 Å². The van der Waals surface area contributed by atoms with Gasteiger partial charge in [0.25, 0.3) is 0 Å². The Balaban J connectivity index is 2.35. The predicted octanol–water partition coefficient (Wildman–Crippen LogP) is 1.17. The second kappa shape index (κ2) is 5.83. The van der Waals surface area contributed by atoms with Crippen molar-refractivity contribution in [3.05, 3.63) is 0 Å². The summed E-state index contributed by atoms with van der Waals surface area (Å²) < 4.78 is 0. The number of nitrogens with two attached hydrogens (primary N) is 1. The minimum Gasteiger partial charge on any atom is -0.388 e. The average molecular weight is 242 g/mol. The number of hydrogen-bond donors (Lipinski definition) is 3. The molecule has 1 rings (SSSR count). The van der Waals surface area contributed by atoms with Crippen LogP contribution in [0.2, 0.25) is 0 Å². The summed E-state index contributed by atoms with van der Waals surface area (Å²) in [7, 11) is 0. The number of amides is 1. The van der Waals surface area contributed by atoms with E-state index in [1.165, 1.54) is 6.42 Å². The van der Waals surface area contributed by atoms with E-state index < -0.39 is 5.60 Å². The Hall–Kier alpha value is -0.610. The van der Waals surface area contributed by atoms with Crippen LogP contribution >= 0.6 is 0 Å². The predicted molar refractivity (Wildman–Crippen MR) is 68.5 cm³/mol. The maximum atomic E-state index is 11.8. The zero-order chi connectivity index (χ0) is 12.9. The zero-order valence-corrected chi connectivity index (χ0v) is 11.1. The summed E-state index contributed by atoms with van der Waals surface area (Å²) in [6, 6.07) is 0. The molecule has 0 bridgehead atoms. The van der Waals surface area contributed by atoms with Crippen molar-refractivity contribution in [2.24, 2.45) is 11.1 Å². The van der Waals surface area contributed by atoms with E-state index in [4.69, 9.17) is 5.73 Å². The van der Waals surface area contributed by atoms with E-state index in [1.807, 2.05) is 13.8 Å².